The van der Waals surface area contributed by atoms with Crippen molar-refractivity contribution >= 4 is 17.6 Å². The predicted molar refractivity (Wildman–Crippen MR) is 67.0 cm³/mol. The molecule has 1 fully saturated rings. The lowest BCUT2D eigenvalue weighted by Gasteiger charge is -2.16. The Morgan fingerprint density at radius 2 is 2.00 bits per heavy atom. The molecule has 3 N–H and O–H groups in total. The Labute approximate surface area is 105 Å². The number of benzene rings is 1. The lowest BCUT2D eigenvalue weighted by atomic mass is 9.99. The summed E-state index contributed by atoms with van der Waals surface area (Å²) in [7, 11) is 0. The topological polar surface area (TPSA) is 83.6 Å². The first-order valence-electron chi connectivity index (χ1n) is 5.87. The summed E-state index contributed by atoms with van der Waals surface area (Å²) in [5.41, 5.74) is 6.62. The lowest BCUT2D eigenvalue weighted by Crippen LogP contribution is -2.30. The molecule has 1 aliphatic rings. The number of anilines is 1. The van der Waals surface area contributed by atoms with Crippen LogP contribution in [0.25, 0.3) is 0 Å². The molecular formula is C13H16N2O3. The summed E-state index contributed by atoms with van der Waals surface area (Å²) < 4.78 is 0. The Kier molecular flexibility index (Phi) is 3.23. The van der Waals surface area contributed by atoms with Crippen LogP contribution in [0.4, 0.5) is 5.69 Å². The van der Waals surface area contributed by atoms with E-state index in [0.29, 0.717) is 17.8 Å². The Bertz CT molecular complexity index is 487. The van der Waals surface area contributed by atoms with Gasteiger partial charge in [-0.15, -0.1) is 0 Å². The van der Waals surface area contributed by atoms with Crippen molar-refractivity contribution in [1.29, 1.82) is 0 Å². The lowest BCUT2D eigenvalue weighted by molar-refractivity contribution is -0.142. The highest BCUT2D eigenvalue weighted by atomic mass is 16.4. The molecule has 2 atom stereocenters. The summed E-state index contributed by atoms with van der Waals surface area (Å²) in [4.78, 5) is 24.8. The van der Waals surface area contributed by atoms with E-state index in [2.05, 4.69) is 0 Å². The molecule has 1 amide bonds. The summed E-state index contributed by atoms with van der Waals surface area (Å²) in [6.45, 7) is 2.56. The first-order valence-corrected chi connectivity index (χ1v) is 5.87. The van der Waals surface area contributed by atoms with Crippen LogP contribution in [-0.2, 0) is 4.79 Å². The summed E-state index contributed by atoms with van der Waals surface area (Å²) in [6.07, 6.45) is 0. The molecule has 2 rings (SSSR count). The number of para-hydroxylation sites is 1. The van der Waals surface area contributed by atoms with Crippen molar-refractivity contribution in [2.75, 3.05) is 18.8 Å². The molecule has 2 unspecified atom stereocenters. The number of hydrogen-bond acceptors (Lipinski definition) is 3. The van der Waals surface area contributed by atoms with Gasteiger partial charge in [-0.2, -0.15) is 0 Å². The summed E-state index contributed by atoms with van der Waals surface area (Å²) in [5.74, 6) is -1.56. The Hall–Kier alpha value is -2.04. The number of carbonyl (C=O) groups is 2. The van der Waals surface area contributed by atoms with Gasteiger partial charge < -0.3 is 15.7 Å². The van der Waals surface area contributed by atoms with Gasteiger partial charge in [-0.1, -0.05) is 19.1 Å². The molecule has 96 valence electrons. The van der Waals surface area contributed by atoms with E-state index < -0.39 is 11.9 Å². The SMILES string of the molecule is CC1CN(C(=O)c2ccccc2N)CC1C(=O)O. The highest BCUT2D eigenvalue weighted by molar-refractivity contribution is 5.99. The number of carboxylic acids is 1. The van der Waals surface area contributed by atoms with Gasteiger partial charge in [0.05, 0.1) is 11.5 Å². The van der Waals surface area contributed by atoms with Crippen LogP contribution in [0.1, 0.15) is 17.3 Å². The molecule has 1 aliphatic heterocycles. The average molecular weight is 248 g/mol. The third-order valence-electron chi connectivity index (χ3n) is 3.41. The van der Waals surface area contributed by atoms with Crippen molar-refractivity contribution in [3.8, 4) is 0 Å². The Balaban J connectivity index is 2.17. The van der Waals surface area contributed by atoms with Gasteiger partial charge >= 0.3 is 5.97 Å². The quantitative estimate of drug-likeness (QED) is 0.766. The normalized spacial score (nSPS) is 23.1. The molecule has 18 heavy (non-hydrogen) atoms. The number of carbonyl (C=O) groups excluding carboxylic acids is 1. The molecular weight excluding hydrogens is 232 g/mol. The van der Waals surface area contributed by atoms with Crippen LogP contribution in [0.2, 0.25) is 0 Å². The fraction of sp³-hybridized carbons (Fsp3) is 0.385. The summed E-state index contributed by atoms with van der Waals surface area (Å²) in [5, 5.41) is 9.05. The van der Waals surface area contributed by atoms with E-state index in [1.54, 1.807) is 29.2 Å². The average Bonchev–Trinajstić information content (AvgIpc) is 2.71. The maximum absolute atomic E-state index is 12.2. The molecule has 0 radical (unpaired) electrons. The van der Waals surface area contributed by atoms with Gasteiger partial charge in [-0.25, -0.2) is 0 Å². The number of aliphatic carboxylic acids is 1. The minimum absolute atomic E-state index is 0.0311. The first-order chi connectivity index (χ1) is 8.50. The molecule has 5 heteroatoms. The van der Waals surface area contributed by atoms with Crippen LogP contribution in [0.15, 0.2) is 24.3 Å². The standard InChI is InChI=1S/C13H16N2O3/c1-8-6-15(7-10(8)13(17)18)12(16)9-4-2-3-5-11(9)14/h2-5,8,10H,6-7,14H2,1H3,(H,17,18). The van der Waals surface area contributed by atoms with Crippen LogP contribution in [0.3, 0.4) is 0 Å². The van der Waals surface area contributed by atoms with E-state index >= 15 is 0 Å². The van der Waals surface area contributed by atoms with Crippen molar-refractivity contribution in [2.45, 2.75) is 6.92 Å². The van der Waals surface area contributed by atoms with Gasteiger partial charge in [-0.3, -0.25) is 9.59 Å². The van der Waals surface area contributed by atoms with Crippen molar-refractivity contribution in [1.82, 2.24) is 4.90 Å². The summed E-state index contributed by atoms with van der Waals surface area (Å²) in [6, 6.07) is 6.84. The number of nitrogen functional groups attached to an aromatic ring is 1. The highest BCUT2D eigenvalue weighted by Gasteiger charge is 2.37. The number of nitrogens with two attached hydrogens (primary N) is 1. The number of rotatable bonds is 2. The number of nitrogens with zero attached hydrogens (tertiary/aromatic N) is 1. The maximum Gasteiger partial charge on any atom is 0.308 e. The van der Waals surface area contributed by atoms with Crippen LogP contribution in [0, 0.1) is 11.8 Å². The largest absolute Gasteiger partial charge is 0.481 e. The van der Waals surface area contributed by atoms with Gasteiger partial charge in [-0.05, 0) is 18.1 Å². The van der Waals surface area contributed by atoms with Crippen molar-refractivity contribution in [3.63, 3.8) is 0 Å². The Morgan fingerprint density at radius 3 is 2.56 bits per heavy atom. The molecule has 1 heterocycles. The zero-order valence-electron chi connectivity index (χ0n) is 10.2. The molecule has 0 aliphatic carbocycles. The molecule has 1 saturated heterocycles. The van der Waals surface area contributed by atoms with Crippen molar-refractivity contribution < 1.29 is 14.7 Å². The van der Waals surface area contributed by atoms with Crippen molar-refractivity contribution in [3.05, 3.63) is 29.8 Å². The van der Waals surface area contributed by atoms with Gasteiger partial charge in [0.2, 0.25) is 0 Å². The molecule has 0 spiro atoms. The second kappa shape index (κ2) is 4.68. The third kappa shape index (κ3) is 2.16. The van der Waals surface area contributed by atoms with Crippen LogP contribution >= 0.6 is 0 Å². The van der Waals surface area contributed by atoms with Gasteiger partial charge in [0.25, 0.3) is 5.91 Å². The summed E-state index contributed by atoms with van der Waals surface area (Å²) >= 11 is 0. The van der Waals surface area contributed by atoms with E-state index in [-0.39, 0.29) is 18.4 Å². The van der Waals surface area contributed by atoms with E-state index in [0.717, 1.165) is 0 Å². The van der Waals surface area contributed by atoms with Crippen LogP contribution in [-0.4, -0.2) is 35.0 Å². The fourth-order valence-corrected chi connectivity index (χ4v) is 2.32. The Morgan fingerprint density at radius 1 is 1.33 bits per heavy atom. The van der Waals surface area contributed by atoms with E-state index in [9.17, 15) is 9.59 Å². The molecule has 0 bridgehead atoms. The molecule has 1 aromatic carbocycles. The minimum Gasteiger partial charge on any atom is -0.481 e. The predicted octanol–water partition coefficient (Wildman–Crippen LogP) is 1.06. The van der Waals surface area contributed by atoms with E-state index in [1.807, 2.05) is 6.92 Å². The second-order valence-corrected chi connectivity index (χ2v) is 4.72. The third-order valence-corrected chi connectivity index (χ3v) is 3.41. The number of amides is 1. The van der Waals surface area contributed by atoms with Crippen molar-refractivity contribution in [2.24, 2.45) is 11.8 Å². The first kappa shape index (κ1) is 12.4. The van der Waals surface area contributed by atoms with E-state index in [4.69, 9.17) is 10.8 Å². The fourth-order valence-electron chi connectivity index (χ4n) is 2.32. The maximum atomic E-state index is 12.2. The van der Waals surface area contributed by atoms with Crippen LogP contribution in [0.5, 0.6) is 0 Å². The molecule has 5 nitrogen and oxygen atoms in total. The van der Waals surface area contributed by atoms with Gasteiger partial charge in [0.1, 0.15) is 0 Å². The smallest absolute Gasteiger partial charge is 0.308 e. The highest BCUT2D eigenvalue weighted by Crippen LogP contribution is 2.25. The van der Waals surface area contributed by atoms with Gasteiger partial charge in [0, 0.05) is 18.8 Å². The molecule has 1 aromatic rings. The minimum atomic E-state index is -0.848. The zero-order valence-corrected chi connectivity index (χ0v) is 10.2. The van der Waals surface area contributed by atoms with E-state index in [1.165, 1.54) is 0 Å². The number of carboxylic acid groups (broad SMARTS) is 1. The molecule has 0 saturated carbocycles. The number of hydrogen-bond donors (Lipinski definition) is 2. The molecule has 0 aromatic heterocycles. The monoisotopic (exact) mass is 248 g/mol. The van der Waals surface area contributed by atoms with Crippen LogP contribution < -0.4 is 5.73 Å². The number of likely N-dealkylation sites (tertiary alicyclic amines) is 1. The second-order valence-electron chi connectivity index (χ2n) is 4.72. The van der Waals surface area contributed by atoms with Gasteiger partial charge in [0.15, 0.2) is 0 Å². The zero-order chi connectivity index (χ0) is 13.3.